The standard InChI is InChI=1S/C11H22N2O2/c1-3-10(11(14)15-4-2)13-7-5-6-9(12)8-13/h9-10H,3-8,12H2,1-2H3/t9-,10?/m1/s1. The summed E-state index contributed by atoms with van der Waals surface area (Å²) in [6.07, 6.45) is 2.94. The van der Waals surface area contributed by atoms with Gasteiger partial charge in [0.2, 0.25) is 0 Å². The molecule has 0 aromatic rings. The van der Waals surface area contributed by atoms with Crippen molar-refractivity contribution in [3.05, 3.63) is 0 Å². The van der Waals surface area contributed by atoms with Crippen molar-refractivity contribution in [2.75, 3.05) is 19.7 Å². The molecule has 0 bridgehead atoms. The molecule has 1 rings (SSSR count). The van der Waals surface area contributed by atoms with Gasteiger partial charge in [-0.3, -0.25) is 9.69 Å². The smallest absolute Gasteiger partial charge is 0.323 e. The number of rotatable bonds is 4. The lowest BCUT2D eigenvalue weighted by molar-refractivity contribution is -0.150. The number of piperidine rings is 1. The van der Waals surface area contributed by atoms with Crippen molar-refractivity contribution in [3.63, 3.8) is 0 Å². The van der Waals surface area contributed by atoms with E-state index < -0.39 is 0 Å². The minimum absolute atomic E-state index is 0.101. The Morgan fingerprint density at radius 2 is 2.33 bits per heavy atom. The summed E-state index contributed by atoms with van der Waals surface area (Å²) < 4.78 is 5.06. The number of esters is 1. The van der Waals surface area contributed by atoms with E-state index >= 15 is 0 Å². The van der Waals surface area contributed by atoms with Crippen molar-refractivity contribution >= 4 is 5.97 Å². The number of hydrogen-bond acceptors (Lipinski definition) is 4. The van der Waals surface area contributed by atoms with Crippen LogP contribution in [0.2, 0.25) is 0 Å². The summed E-state index contributed by atoms with van der Waals surface area (Å²) in [5.41, 5.74) is 5.90. The van der Waals surface area contributed by atoms with Gasteiger partial charge in [-0.1, -0.05) is 6.92 Å². The predicted octanol–water partition coefficient (Wildman–Crippen LogP) is 0.751. The Morgan fingerprint density at radius 3 is 2.87 bits per heavy atom. The van der Waals surface area contributed by atoms with E-state index in [1.807, 2.05) is 13.8 Å². The zero-order valence-corrected chi connectivity index (χ0v) is 9.74. The topological polar surface area (TPSA) is 55.6 Å². The van der Waals surface area contributed by atoms with E-state index in [0.29, 0.717) is 6.61 Å². The lowest BCUT2D eigenvalue weighted by Crippen LogP contribution is -2.50. The minimum Gasteiger partial charge on any atom is -0.465 e. The van der Waals surface area contributed by atoms with Crippen molar-refractivity contribution < 1.29 is 9.53 Å². The number of nitrogens with zero attached hydrogens (tertiary/aromatic N) is 1. The molecule has 0 radical (unpaired) electrons. The van der Waals surface area contributed by atoms with Crippen LogP contribution in [0.1, 0.15) is 33.1 Å². The van der Waals surface area contributed by atoms with Gasteiger partial charge in [0.15, 0.2) is 0 Å². The Balaban J connectivity index is 2.52. The molecule has 2 N–H and O–H groups in total. The van der Waals surface area contributed by atoms with Gasteiger partial charge >= 0.3 is 5.97 Å². The normalized spacial score (nSPS) is 24.9. The molecule has 0 amide bonds. The Bertz CT molecular complexity index is 209. The molecular formula is C11H22N2O2. The quantitative estimate of drug-likeness (QED) is 0.702. The number of hydrogen-bond donors (Lipinski definition) is 1. The van der Waals surface area contributed by atoms with Gasteiger partial charge in [-0.05, 0) is 32.7 Å². The van der Waals surface area contributed by atoms with Crippen LogP contribution in [0.4, 0.5) is 0 Å². The van der Waals surface area contributed by atoms with Gasteiger partial charge in [0.25, 0.3) is 0 Å². The summed E-state index contributed by atoms with van der Waals surface area (Å²) in [6, 6.07) is 0.110. The lowest BCUT2D eigenvalue weighted by Gasteiger charge is -2.35. The molecule has 1 unspecified atom stereocenters. The number of ether oxygens (including phenoxy) is 1. The summed E-state index contributed by atoms with van der Waals surface area (Å²) in [6.45, 7) is 6.09. The van der Waals surface area contributed by atoms with Crippen molar-refractivity contribution in [3.8, 4) is 0 Å². The summed E-state index contributed by atoms with van der Waals surface area (Å²) >= 11 is 0. The molecule has 1 fully saturated rings. The van der Waals surface area contributed by atoms with Crippen LogP contribution >= 0.6 is 0 Å². The highest BCUT2D eigenvalue weighted by Gasteiger charge is 2.28. The van der Waals surface area contributed by atoms with Gasteiger partial charge in [-0.25, -0.2) is 0 Å². The van der Waals surface area contributed by atoms with Gasteiger partial charge in [-0.2, -0.15) is 0 Å². The number of carbonyl (C=O) groups is 1. The van der Waals surface area contributed by atoms with E-state index in [1.165, 1.54) is 0 Å². The molecule has 4 heteroatoms. The van der Waals surface area contributed by atoms with Crippen LogP contribution in [0.15, 0.2) is 0 Å². The van der Waals surface area contributed by atoms with E-state index in [0.717, 1.165) is 32.4 Å². The molecule has 88 valence electrons. The lowest BCUT2D eigenvalue weighted by atomic mass is 10.0. The maximum Gasteiger partial charge on any atom is 0.323 e. The fraction of sp³-hybridized carbons (Fsp3) is 0.909. The number of nitrogens with two attached hydrogens (primary N) is 1. The van der Waals surface area contributed by atoms with Crippen LogP contribution in [0, 0.1) is 0 Å². The maximum absolute atomic E-state index is 11.7. The average Bonchev–Trinajstić information content (AvgIpc) is 2.19. The second kappa shape index (κ2) is 6.08. The van der Waals surface area contributed by atoms with Gasteiger partial charge in [-0.15, -0.1) is 0 Å². The van der Waals surface area contributed by atoms with E-state index in [4.69, 9.17) is 10.5 Å². The molecule has 0 spiro atoms. The first-order valence-electron chi connectivity index (χ1n) is 5.85. The first-order valence-corrected chi connectivity index (χ1v) is 5.85. The molecular weight excluding hydrogens is 192 g/mol. The predicted molar refractivity (Wildman–Crippen MR) is 59.5 cm³/mol. The Labute approximate surface area is 91.8 Å². The molecule has 0 aliphatic carbocycles. The molecule has 0 aromatic carbocycles. The van der Waals surface area contributed by atoms with Crippen LogP contribution < -0.4 is 5.73 Å². The Kier molecular flexibility index (Phi) is 5.05. The highest BCUT2D eigenvalue weighted by molar-refractivity contribution is 5.75. The molecule has 1 heterocycles. The monoisotopic (exact) mass is 214 g/mol. The molecule has 0 saturated carbocycles. The van der Waals surface area contributed by atoms with Gasteiger partial charge in [0.05, 0.1) is 6.61 Å². The number of carbonyl (C=O) groups excluding carboxylic acids is 1. The molecule has 4 nitrogen and oxygen atoms in total. The van der Waals surface area contributed by atoms with Gasteiger partial charge < -0.3 is 10.5 Å². The third kappa shape index (κ3) is 3.47. The maximum atomic E-state index is 11.7. The minimum atomic E-state index is -0.103. The van der Waals surface area contributed by atoms with Crippen LogP contribution in [-0.4, -0.2) is 42.6 Å². The van der Waals surface area contributed by atoms with Crippen molar-refractivity contribution in [2.24, 2.45) is 5.73 Å². The molecule has 1 saturated heterocycles. The summed E-state index contributed by atoms with van der Waals surface area (Å²) in [5, 5.41) is 0. The number of likely N-dealkylation sites (tertiary alicyclic amines) is 1. The largest absolute Gasteiger partial charge is 0.465 e. The van der Waals surface area contributed by atoms with Gasteiger partial charge in [0, 0.05) is 12.6 Å². The zero-order valence-electron chi connectivity index (χ0n) is 9.74. The third-order valence-electron chi connectivity index (χ3n) is 2.88. The third-order valence-corrected chi connectivity index (χ3v) is 2.88. The molecule has 2 atom stereocenters. The van der Waals surface area contributed by atoms with E-state index in [2.05, 4.69) is 4.90 Å². The summed E-state index contributed by atoms with van der Waals surface area (Å²) in [4.78, 5) is 13.8. The zero-order chi connectivity index (χ0) is 11.3. The van der Waals surface area contributed by atoms with Gasteiger partial charge in [0.1, 0.15) is 6.04 Å². The second-order valence-electron chi connectivity index (χ2n) is 4.07. The van der Waals surface area contributed by atoms with Crippen LogP contribution in [0.3, 0.4) is 0 Å². The van der Waals surface area contributed by atoms with E-state index in [1.54, 1.807) is 0 Å². The van der Waals surface area contributed by atoms with Crippen molar-refractivity contribution in [1.29, 1.82) is 0 Å². The highest BCUT2D eigenvalue weighted by Crippen LogP contribution is 2.14. The average molecular weight is 214 g/mol. The molecule has 1 aliphatic rings. The highest BCUT2D eigenvalue weighted by atomic mass is 16.5. The summed E-state index contributed by atoms with van der Waals surface area (Å²) in [7, 11) is 0. The Hall–Kier alpha value is -0.610. The molecule has 15 heavy (non-hydrogen) atoms. The van der Waals surface area contributed by atoms with E-state index in [9.17, 15) is 4.79 Å². The first-order chi connectivity index (χ1) is 7.19. The Morgan fingerprint density at radius 1 is 1.60 bits per heavy atom. The first kappa shape index (κ1) is 12.5. The second-order valence-corrected chi connectivity index (χ2v) is 4.07. The van der Waals surface area contributed by atoms with Crippen molar-refractivity contribution in [2.45, 2.75) is 45.2 Å². The summed E-state index contributed by atoms with van der Waals surface area (Å²) in [5.74, 6) is -0.103. The fourth-order valence-corrected chi connectivity index (χ4v) is 2.14. The molecule has 0 aromatic heterocycles. The van der Waals surface area contributed by atoms with Crippen LogP contribution in [0.5, 0.6) is 0 Å². The van der Waals surface area contributed by atoms with Crippen LogP contribution in [-0.2, 0) is 9.53 Å². The van der Waals surface area contributed by atoms with E-state index in [-0.39, 0.29) is 18.1 Å². The SMILES string of the molecule is CCOC(=O)C(CC)N1CCC[C@@H](N)C1. The fourth-order valence-electron chi connectivity index (χ4n) is 2.14. The van der Waals surface area contributed by atoms with Crippen LogP contribution in [0.25, 0.3) is 0 Å². The molecule has 1 aliphatic heterocycles. The van der Waals surface area contributed by atoms with Crippen molar-refractivity contribution in [1.82, 2.24) is 4.90 Å².